The lowest BCUT2D eigenvalue weighted by Gasteiger charge is -2.08. The fourth-order valence-electron chi connectivity index (χ4n) is 2.58. The fraction of sp³-hybridized carbons (Fsp3) is 0.188. The van der Waals surface area contributed by atoms with Crippen LogP contribution in [0.2, 0.25) is 0 Å². The van der Waals surface area contributed by atoms with Gasteiger partial charge < -0.3 is 5.11 Å². The van der Waals surface area contributed by atoms with Crippen molar-refractivity contribution in [1.82, 2.24) is 0 Å². The number of fused-ring (bicyclic) bond motifs is 2. The molecule has 0 aliphatic rings. The summed E-state index contributed by atoms with van der Waals surface area (Å²) >= 11 is 1.24. The number of benzene rings is 2. The van der Waals surface area contributed by atoms with E-state index in [0.717, 1.165) is 4.70 Å². The summed E-state index contributed by atoms with van der Waals surface area (Å²) in [7, 11) is 0. The van der Waals surface area contributed by atoms with E-state index in [1.807, 2.05) is 0 Å². The van der Waals surface area contributed by atoms with Gasteiger partial charge in [0.15, 0.2) is 5.43 Å². The van der Waals surface area contributed by atoms with Gasteiger partial charge >= 0.3 is 0 Å². The Morgan fingerprint density at radius 2 is 1.95 bits per heavy atom. The molecule has 0 radical (unpaired) electrons. The minimum absolute atomic E-state index is 0.0775. The second-order valence-corrected chi connectivity index (χ2v) is 6.24. The fourth-order valence-corrected chi connectivity index (χ4v) is 3.79. The quantitative estimate of drug-likeness (QED) is 0.457. The first-order chi connectivity index (χ1) is 10.5. The van der Waals surface area contributed by atoms with Crippen LogP contribution in [0.25, 0.3) is 20.2 Å². The topological polar surface area (TPSA) is 80.4 Å². The maximum Gasteiger partial charge on any atom is 0.290 e. The van der Waals surface area contributed by atoms with Gasteiger partial charge in [-0.2, -0.15) is 0 Å². The van der Waals surface area contributed by atoms with E-state index in [0.29, 0.717) is 21.0 Å². The molecule has 1 unspecified atom stereocenters. The van der Waals surface area contributed by atoms with Gasteiger partial charge in [0.05, 0.1) is 11.0 Å². The molecule has 5 nitrogen and oxygen atoms in total. The first-order valence-electron chi connectivity index (χ1n) is 6.79. The van der Waals surface area contributed by atoms with Crippen LogP contribution in [0.5, 0.6) is 0 Å². The molecule has 0 bridgehead atoms. The van der Waals surface area contributed by atoms with Crippen LogP contribution in [0.1, 0.15) is 12.5 Å². The maximum absolute atomic E-state index is 12.5. The van der Waals surface area contributed by atoms with E-state index in [4.69, 9.17) is 0 Å². The first-order valence-corrected chi connectivity index (χ1v) is 7.60. The summed E-state index contributed by atoms with van der Waals surface area (Å²) in [6, 6.07) is 10.3. The highest BCUT2D eigenvalue weighted by Gasteiger charge is 2.22. The molecule has 0 amide bonds. The monoisotopic (exact) mass is 315 g/mol. The molecule has 1 heterocycles. The molecular weight excluding hydrogens is 302 g/mol. The van der Waals surface area contributed by atoms with Crippen molar-refractivity contribution >= 4 is 37.2 Å². The Morgan fingerprint density at radius 3 is 2.64 bits per heavy atom. The van der Waals surface area contributed by atoms with Crippen molar-refractivity contribution in [2.24, 2.45) is 0 Å². The first kappa shape index (κ1) is 14.6. The average Bonchev–Trinajstić information content (AvgIpc) is 2.46. The summed E-state index contributed by atoms with van der Waals surface area (Å²) in [5.74, 6) is 0. The second-order valence-electron chi connectivity index (χ2n) is 5.19. The third kappa shape index (κ3) is 2.36. The number of nitrogens with zero attached hydrogens (tertiary/aromatic N) is 1. The van der Waals surface area contributed by atoms with Crippen molar-refractivity contribution in [3.63, 3.8) is 0 Å². The van der Waals surface area contributed by atoms with Gasteiger partial charge in [-0.3, -0.25) is 14.9 Å². The van der Waals surface area contributed by atoms with E-state index in [1.165, 1.54) is 11.3 Å². The standard InChI is InChI=1S/C16H13NO4S/c1-9(18)8-10-6-7-12-15(19)11-4-2-3-5-13(11)22-16(12)14(10)17(20)21/h2-7,9,18H,8H2,1H3. The molecule has 0 fully saturated rings. The predicted molar refractivity (Wildman–Crippen MR) is 87.6 cm³/mol. The van der Waals surface area contributed by atoms with Crippen LogP contribution in [0.15, 0.2) is 41.2 Å². The summed E-state index contributed by atoms with van der Waals surface area (Å²) in [5, 5.41) is 21.9. The molecule has 0 aliphatic heterocycles. The highest BCUT2D eigenvalue weighted by Crippen LogP contribution is 2.35. The van der Waals surface area contributed by atoms with Crippen molar-refractivity contribution < 1.29 is 10.0 Å². The zero-order valence-electron chi connectivity index (χ0n) is 11.8. The molecule has 1 N–H and O–H groups in total. The Kier molecular flexibility index (Phi) is 3.64. The molecule has 0 spiro atoms. The number of rotatable bonds is 3. The SMILES string of the molecule is CC(O)Cc1ccc2c(=O)c3ccccc3sc2c1[N+](=O)[O-]. The van der Waals surface area contributed by atoms with E-state index in [9.17, 15) is 20.0 Å². The number of aliphatic hydroxyl groups excluding tert-OH is 1. The minimum Gasteiger partial charge on any atom is -0.393 e. The molecule has 3 rings (SSSR count). The summed E-state index contributed by atoms with van der Waals surface area (Å²) in [6.07, 6.45) is -0.506. The Morgan fingerprint density at radius 1 is 1.23 bits per heavy atom. The van der Waals surface area contributed by atoms with Gasteiger partial charge in [0, 0.05) is 27.5 Å². The summed E-state index contributed by atoms with van der Waals surface area (Å²) < 4.78 is 1.09. The van der Waals surface area contributed by atoms with Crippen LogP contribution in [0, 0.1) is 10.1 Å². The summed E-state index contributed by atoms with van der Waals surface area (Å²) in [5.41, 5.74) is 0.167. The lowest BCUT2D eigenvalue weighted by Crippen LogP contribution is -2.08. The second kappa shape index (κ2) is 5.47. The van der Waals surface area contributed by atoms with Crippen molar-refractivity contribution in [2.45, 2.75) is 19.4 Å². The van der Waals surface area contributed by atoms with E-state index in [-0.39, 0.29) is 17.5 Å². The predicted octanol–water partition coefficient (Wildman–Crippen LogP) is 3.25. The lowest BCUT2D eigenvalue weighted by atomic mass is 10.0. The molecule has 1 atom stereocenters. The smallest absolute Gasteiger partial charge is 0.290 e. The van der Waals surface area contributed by atoms with Gasteiger partial charge in [-0.05, 0) is 25.1 Å². The molecule has 3 aromatic rings. The maximum atomic E-state index is 12.5. The summed E-state index contributed by atoms with van der Waals surface area (Å²) in [4.78, 5) is 23.6. The van der Waals surface area contributed by atoms with Crippen molar-refractivity contribution in [3.8, 4) is 0 Å². The lowest BCUT2D eigenvalue weighted by molar-refractivity contribution is -0.383. The van der Waals surface area contributed by atoms with Crippen molar-refractivity contribution in [3.05, 3.63) is 62.3 Å². The third-order valence-electron chi connectivity index (χ3n) is 3.50. The summed E-state index contributed by atoms with van der Waals surface area (Å²) in [6.45, 7) is 1.58. The number of aliphatic hydroxyl groups is 1. The minimum atomic E-state index is -0.687. The normalized spacial score (nSPS) is 12.6. The Labute approximate surface area is 129 Å². The number of hydrogen-bond acceptors (Lipinski definition) is 5. The molecule has 1 aromatic heterocycles. The van der Waals surface area contributed by atoms with Gasteiger partial charge in [-0.1, -0.05) is 18.2 Å². The van der Waals surface area contributed by atoms with E-state index in [1.54, 1.807) is 43.3 Å². The van der Waals surface area contributed by atoms with E-state index < -0.39 is 11.0 Å². The van der Waals surface area contributed by atoms with E-state index >= 15 is 0 Å². The van der Waals surface area contributed by atoms with Crippen LogP contribution in [0.4, 0.5) is 5.69 Å². The van der Waals surface area contributed by atoms with Gasteiger partial charge in [-0.15, -0.1) is 11.3 Å². The van der Waals surface area contributed by atoms with Crippen molar-refractivity contribution in [1.29, 1.82) is 0 Å². The Balaban J connectivity index is 2.45. The molecule has 0 saturated heterocycles. The van der Waals surface area contributed by atoms with Crippen LogP contribution >= 0.6 is 11.3 Å². The molecule has 0 saturated carbocycles. The molecule has 22 heavy (non-hydrogen) atoms. The average molecular weight is 315 g/mol. The molecule has 0 aliphatic carbocycles. The van der Waals surface area contributed by atoms with Crippen LogP contribution in [0.3, 0.4) is 0 Å². The van der Waals surface area contributed by atoms with Gasteiger partial charge in [-0.25, -0.2) is 0 Å². The van der Waals surface area contributed by atoms with Crippen LogP contribution in [-0.2, 0) is 6.42 Å². The van der Waals surface area contributed by atoms with Gasteiger partial charge in [0.2, 0.25) is 0 Å². The zero-order valence-corrected chi connectivity index (χ0v) is 12.6. The number of nitro groups is 1. The van der Waals surface area contributed by atoms with Gasteiger partial charge in [0.25, 0.3) is 5.69 Å². The Hall–Kier alpha value is -2.31. The van der Waals surface area contributed by atoms with E-state index in [2.05, 4.69) is 0 Å². The van der Waals surface area contributed by atoms with Crippen LogP contribution in [-0.4, -0.2) is 16.1 Å². The Bertz CT molecular complexity index is 946. The zero-order chi connectivity index (χ0) is 15.9. The van der Waals surface area contributed by atoms with Crippen LogP contribution < -0.4 is 5.43 Å². The third-order valence-corrected chi connectivity index (χ3v) is 4.69. The highest BCUT2D eigenvalue weighted by molar-refractivity contribution is 7.25. The molecule has 6 heteroatoms. The number of nitro benzene ring substituents is 1. The number of hydrogen-bond donors (Lipinski definition) is 1. The van der Waals surface area contributed by atoms with Gasteiger partial charge in [0.1, 0.15) is 4.70 Å². The van der Waals surface area contributed by atoms with Crippen molar-refractivity contribution in [2.75, 3.05) is 0 Å². The molecule has 2 aromatic carbocycles. The molecular formula is C16H13NO4S. The largest absolute Gasteiger partial charge is 0.393 e. The molecule has 112 valence electrons. The highest BCUT2D eigenvalue weighted by atomic mass is 32.1.